The first kappa shape index (κ1) is 16.1. The van der Waals surface area contributed by atoms with Crippen molar-refractivity contribution in [1.29, 1.82) is 0 Å². The van der Waals surface area contributed by atoms with Gasteiger partial charge in [-0.1, -0.05) is 6.07 Å². The molecule has 0 bridgehead atoms. The monoisotopic (exact) mass is 356 g/mol. The van der Waals surface area contributed by atoms with E-state index < -0.39 is 10.0 Å². The van der Waals surface area contributed by atoms with Gasteiger partial charge in [-0.2, -0.15) is 0 Å². The van der Waals surface area contributed by atoms with Crippen molar-refractivity contribution < 1.29 is 13.2 Å². The molecule has 2 aromatic carbocycles. The number of aryl methyl sites for hydroxylation is 2. The lowest BCUT2D eigenvalue weighted by atomic mass is 10.1. The Balaban J connectivity index is 1.47. The Morgan fingerprint density at radius 2 is 1.60 bits per heavy atom. The molecule has 2 N–H and O–H groups in total. The lowest BCUT2D eigenvalue weighted by Crippen LogP contribution is -2.14. The molecule has 0 radical (unpaired) electrons. The Morgan fingerprint density at radius 1 is 0.920 bits per heavy atom. The molecule has 0 aliphatic heterocycles. The second-order valence-corrected chi connectivity index (χ2v) is 8.41. The maximum atomic E-state index is 12.6. The van der Waals surface area contributed by atoms with Gasteiger partial charge in [-0.05, 0) is 79.6 Å². The fraction of sp³-hybridized carbons (Fsp3) is 0.316. The molecule has 1 amide bonds. The molecule has 0 spiro atoms. The number of rotatable bonds is 5. The van der Waals surface area contributed by atoms with Gasteiger partial charge < -0.3 is 5.32 Å². The Kier molecular flexibility index (Phi) is 4.00. The second-order valence-electron chi connectivity index (χ2n) is 6.73. The zero-order valence-electron chi connectivity index (χ0n) is 13.8. The topological polar surface area (TPSA) is 75.3 Å². The highest BCUT2D eigenvalue weighted by Crippen LogP contribution is 2.30. The van der Waals surface area contributed by atoms with Gasteiger partial charge in [0.1, 0.15) is 0 Å². The van der Waals surface area contributed by atoms with Gasteiger partial charge in [-0.3, -0.25) is 9.52 Å². The zero-order valence-corrected chi connectivity index (χ0v) is 14.6. The number of sulfonamides is 1. The van der Waals surface area contributed by atoms with Crippen molar-refractivity contribution >= 4 is 27.3 Å². The van der Waals surface area contributed by atoms with Gasteiger partial charge in [0.05, 0.1) is 4.90 Å². The Bertz CT molecular complexity index is 916. The summed E-state index contributed by atoms with van der Waals surface area (Å²) in [6.45, 7) is 0. The van der Waals surface area contributed by atoms with Crippen molar-refractivity contribution in [3.63, 3.8) is 0 Å². The number of benzene rings is 2. The number of anilines is 2. The Hall–Kier alpha value is -2.34. The molecule has 2 aromatic rings. The smallest absolute Gasteiger partial charge is 0.261 e. The van der Waals surface area contributed by atoms with Crippen LogP contribution >= 0.6 is 0 Å². The largest absolute Gasteiger partial charge is 0.326 e. The number of fused-ring (bicyclic) bond motifs is 1. The van der Waals surface area contributed by atoms with E-state index >= 15 is 0 Å². The third-order valence-corrected chi connectivity index (χ3v) is 6.11. The predicted molar refractivity (Wildman–Crippen MR) is 97.1 cm³/mol. The summed E-state index contributed by atoms with van der Waals surface area (Å²) in [7, 11) is -3.61. The summed E-state index contributed by atoms with van der Waals surface area (Å²) in [6.07, 6.45) is 4.94. The minimum atomic E-state index is -3.61. The SMILES string of the molecule is O=C(Nc1ccc(NS(=O)(=O)c2ccc3c(c2)CCC3)cc1)C1CC1. The van der Waals surface area contributed by atoms with Crippen LogP contribution in [-0.4, -0.2) is 14.3 Å². The summed E-state index contributed by atoms with van der Waals surface area (Å²) in [4.78, 5) is 12.0. The fourth-order valence-corrected chi connectivity index (χ4v) is 4.25. The standard InChI is InChI=1S/C19H20N2O3S/c22-19(14-4-5-14)20-16-7-9-17(10-8-16)21-25(23,24)18-11-6-13-2-1-3-15(13)12-18/h6-12,14,21H,1-5H2,(H,20,22). The highest BCUT2D eigenvalue weighted by Gasteiger charge is 2.29. The Labute approximate surface area is 147 Å². The molecule has 0 heterocycles. The molecular weight excluding hydrogens is 336 g/mol. The lowest BCUT2D eigenvalue weighted by Gasteiger charge is -2.10. The molecule has 0 unspecified atom stereocenters. The van der Waals surface area contributed by atoms with Gasteiger partial charge >= 0.3 is 0 Å². The van der Waals surface area contributed by atoms with E-state index in [2.05, 4.69) is 10.0 Å². The fourth-order valence-electron chi connectivity index (χ4n) is 3.14. The van der Waals surface area contributed by atoms with Crippen molar-refractivity contribution in [2.75, 3.05) is 10.0 Å². The van der Waals surface area contributed by atoms with E-state index in [1.807, 2.05) is 6.07 Å². The molecule has 25 heavy (non-hydrogen) atoms. The molecule has 130 valence electrons. The van der Waals surface area contributed by atoms with Crippen LogP contribution in [0.15, 0.2) is 47.4 Å². The maximum absolute atomic E-state index is 12.6. The first-order chi connectivity index (χ1) is 12.0. The molecule has 6 heteroatoms. The lowest BCUT2D eigenvalue weighted by molar-refractivity contribution is -0.117. The quantitative estimate of drug-likeness (QED) is 0.863. The minimum absolute atomic E-state index is 0.0338. The van der Waals surface area contributed by atoms with Gasteiger partial charge in [-0.25, -0.2) is 8.42 Å². The van der Waals surface area contributed by atoms with Crippen LogP contribution in [-0.2, 0) is 27.7 Å². The predicted octanol–water partition coefficient (Wildman–Crippen LogP) is 3.32. The average Bonchev–Trinajstić information content (AvgIpc) is 3.34. The second kappa shape index (κ2) is 6.19. The molecule has 0 aromatic heterocycles. The van der Waals surface area contributed by atoms with E-state index in [9.17, 15) is 13.2 Å². The van der Waals surface area contributed by atoms with E-state index in [4.69, 9.17) is 0 Å². The van der Waals surface area contributed by atoms with Gasteiger partial charge in [0.2, 0.25) is 5.91 Å². The molecule has 2 aliphatic rings. The number of nitrogens with one attached hydrogen (secondary N) is 2. The molecule has 2 aliphatic carbocycles. The molecule has 1 fully saturated rings. The van der Waals surface area contributed by atoms with Crippen LogP contribution in [0.2, 0.25) is 0 Å². The third kappa shape index (κ3) is 3.54. The molecule has 5 nitrogen and oxygen atoms in total. The maximum Gasteiger partial charge on any atom is 0.261 e. The van der Waals surface area contributed by atoms with Crippen LogP contribution in [0.25, 0.3) is 0 Å². The van der Waals surface area contributed by atoms with E-state index in [-0.39, 0.29) is 11.8 Å². The van der Waals surface area contributed by atoms with Crippen LogP contribution < -0.4 is 10.0 Å². The summed E-state index contributed by atoms with van der Waals surface area (Å²) >= 11 is 0. The number of hydrogen-bond acceptors (Lipinski definition) is 3. The van der Waals surface area contributed by atoms with Crippen molar-refractivity contribution in [2.45, 2.75) is 37.0 Å². The van der Waals surface area contributed by atoms with Crippen molar-refractivity contribution in [2.24, 2.45) is 5.92 Å². The van der Waals surface area contributed by atoms with E-state index in [0.717, 1.165) is 37.7 Å². The number of hydrogen-bond donors (Lipinski definition) is 2. The number of carbonyl (C=O) groups is 1. The summed E-state index contributed by atoms with van der Waals surface area (Å²) < 4.78 is 27.8. The average molecular weight is 356 g/mol. The molecular formula is C19H20N2O3S. The van der Waals surface area contributed by atoms with Gasteiger partial charge in [0.25, 0.3) is 10.0 Å². The molecule has 1 saturated carbocycles. The van der Waals surface area contributed by atoms with E-state index in [1.54, 1.807) is 36.4 Å². The highest BCUT2D eigenvalue weighted by atomic mass is 32.2. The van der Waals surface area contributed by atoms with Crippen LogP contribution in [0.1, 0.15) is 30.4 Å². The zero-order chi connectivity index (χ0) is 17.4. The van der Waals surface area contributed by atoms with Crippen LogP contribution in [0.3, 0.4) is 0 Å². The van der Waals surface area contributed by atoms with Crippen molar-refractivity contribution in [3.8, 4) is 0 Å². The molecule has 0 atom stereocenters. The highest BCUT2D eigenvalue weighted by molar-refractivity contribution is 7.92. The summed E-state index contributed by atoms with van der Waals surface area (Å²) in [6, 6.07) is 12.1. The van der Waals surface area contributed by atoms with Crippen molar-refractivity contribution in [3.05, 3.63) is 53.6 Å². The Morgan fingerprint density at radius 3 is 2.32 bits per heavy atom. The number of amides is 1. The van der Waals surface area contributed by atoms with E-state index in [0.29, 0.717) is 16.3 Å². The molecule has 0 saturated heterocycles. The van der Waals surface area contributed by atoms with Crippen molar-refractivity contribution in [1.82, 2.24) is 0 Å². The first-order valence-electron chi connectivity index (χ1n) is 8.57. The van der Waals surface area contributed by atoms with Crippen LogP contribution in [0.5, 0.6) is 0 Å². The third-order valence-electron chi connectivity index (χ3n) is 4.73. The van der Waals surface area contributed by atoms with E-state index in [1.165, 1.54) is 5.56 Å². The van der Waals surface area contributed by atoms with Crippen LogP contribution in [0.4, 0.5) is 11.4 Å². The summed E-state index contributed by atoms with van der Waals surface area (Å²) in [5.74, 6) is 0.171. The normalized spacial score (nSPS) is 16.3. The minimum Gasteiger partial charge on any atom is -0.326 e. The summed E-state index contributed by atoms with van der Waals surface area (Å²) in [5, 5.41) is 2.84. The van der Waals surface area contributed by atoms with Gasteiger partial charge in [-0.15, -0.1) is 0 Å². The van der Waals surface area contributed by atoms with Crippen LogP contribution in [0, 0.1) is 5.92 Å². The first-order valence-corrected chi connectivity index (χ1v) is 10.1. The van der Waals surface area contributed by atoms with Gasteiger partial charge in [0, 0.05) is 17.3 Å². The number of carbonyl (C=O) groups excluding carboxylic acids is 1. The van der Waals surface area contributed by atoms with Gasteiger partial charge in [0.15, 0.2) is 0 Å². The summed E-state index contributed by atoms with van der Waals surface area (Å²) in [5.41, 5.74) is 3.53. The molecule has 4 rings (SSSR count).